The van der Waals surface area contributed by atoms with Crippen LogP contribution in [0.1, 0.15) is 19.3 Å². The number of hydrogen-bond acceptors (Lipinski definition) is 3. The molecule has 0 aliphatic heterocycles. The molecule has 1 saturated carbocycles. The van der Waals surface area contributed by atoms with Crippen molar-refractivity contribution in [1.29, 1.82) is 0 Å². The molecule has 102 valence electrons. The first kappa shape index (κ1) is 12.7. The molecule has 4 nitrogen and oxygen atoms in total. The fourth-order valence-electron chi connectivity index (χ4n) is 2.06. The summed E-state index contributed by atoms with van der Waals surface area (Å²) < 4.78 is 12.8. The predicted octanol–water partition coefficient (Wildman–Crippen LogP) is 3.02. The van der Waals surface area contributed by atoms with Crippen molar-refractivity contribution in [3.05, 3.63) is 42.5 Å². The number of amides is 1. The van der Waals surface area contributed by atoms with Crippen molar-refractivity contribution in [3.8, 4) is 11.4 Å². The minimum Gasteiger partial charge on any atom is -0.323 e. The maximum atomic E-state index is 12.8. The quantitative estimate of drug-likeness (QED) is 0.933. The number of halogens is 1. The number of nitrogens with one attached hydrogen (secondary N) is 1. The molecule has 0 saturated heterocycles. The zero-order valence-corrected chi connectivity index (χ0v) is 10.8. The Bertz CT molecular complexity index is 606. The lowest BCUT2D eigenvalue weighted by molar-refractivity contribution is -0.122. The smallest absolute Gasteiger partial charge is 0.227 e. The summed E-state index contributed by atoms with van der Waals surface area (Å²) in [6, 6.07) is 5.98. The Labute approximate surface area is 116 Å². The van der Waals surface area contributed by atoms with Crippen LogP contribution in [-0.4, -0.2) is 15.9 Å². The minimum atomic E-state index is -0.293. The van der Waals surface area contributed by atoms with Gasteiger partial charge in [-0.05, 0) is 37.1 Å². The second-order valence-electron chi connectivity index (χ2n) is 4.92. The summed E-state index contributed by atoms with van der Waals surface area (Å²) in [5, 5.41) is 2.81. The molecule has 0 bridgehead atoms. The van der Waals surface area contributed by atoms with Gasteiger partial charge in [-0.3, -0.25) is 4.79 Å². The van der Waals surface area contributed by atoms with Crippen molar-refractivity contribution in [2.45, 2.75) is 19.3 Å². The van der Waals surface area contributed by atoms with Gasteiger partial charge in [0.1, 0.15) is 5.82 Å². The van der Waals surface area contributed by atoms with Crippen LogP contribution in [0.15, 0.2) is 36.7 Å². The van der Waals surface area contributed by atoms with Crippen molar-refractivity contribution in [2.24, 2.45) is 5.92 Å². The lowest BCUT2D eigenvalue weighted by Crippen LogP contribution is -2.28. The Morgan fingerprint density at radius 2 is 1.80 bits per heavy atom. The van der Waals surface area contributed by atoms with Crippen LogP contribution in [-0.2, 0) is 4.79 Å². The molecular formula is C15H14FN3O. The summed E-state index contributed by atoms with van der Waals surface area (Å²) in [6.07, 6.45) is 6.18. The van der Waals surface area contributed by atoms with Crippen molar-refractivity contribution in [2.75, 3.05) is 5.32 Å². The van der Waals surface area contributed by atoms with Gasteiger partial charge in [-0.25, -0.2) is 14.4 Å². The normalized spacial score (nSPS) is 14.7. The molecule has 0 spiro atoms. The van der Waals surface area contributed by atoms with Gasteiger partial charge in [0.15, 0.2) is 5.82 Å². The molecule has 20 heavy (non-hydrogen) atoms. The van der Waals surface area contributed by atoms with Gasteiger partial charge in [-0.15, -0.1) is 0 Å². The van der Waals surface area contributed by atoms with E-state index in [1.54, 1.807) is 24.5 Å². The lowest BCUT2D eigenvalue weighted by Gasteiger charge is -2.23. The van der Waals surface area contributed by atoms with Crippen molar-refractivity contribution in [1.82, 2.24) is 9.97 Å². The topological polar surface area (TPSA) is 54.9 Å². The maximum absolute atomic E-state index is 12.8. The molecule has 1 aliphatic carbocycles. The number of benzene rings is 1. The molecule has 1 heterocycles. The number of nitrogens with zero attached hydrogens (tertiary/aromatic N) is 2. The molecule has 1 N–H and O–H groups in total. The monoisotopic (exact) mass is 271 g/mol. The van der Waals surface area contributed by atoms with Gasteiger partial charge >= 0.3 is 0 Å². The average Bonchev–Trinajstić information content (AvgIpc) is 2.38. The summed E-state index contributed by atoms with van der Waals surface area (Å²) in [6.45, 7) is 0. The van der Waals surface area contributed by atoms with E-state index in [2.05, 4.69) is 15.3 Å². The molecule has 3 rings (SSSR count). The SMILES string of the molecule is O=C(Nc1cnc(-c2ccc(F)cc2)nc1)C1CCC1. The van der Waals surface area contributed by atoms with Crippen molar-refractivity contribution >= 4 is 11.6 Å². The Kier molecular flexibility index (Phi) is 3.41. The van der Waals surface area contributed by atoms with E-state index in [4.69, 9.17) is 0 Å². The van der Waals surface area contributed by atoms with E-state index in [0.29, 0.717) is 11.5 Å². The Hall–Kier alpha value is -2.30. The number of aromatic nitrogens is 2. The zero-order chi connectivity index (χ0) is 13.9. The van der Waals surface area contributed by atoms with Crippen LogP contribution in [0, 0.1) is 11.7 Å². The van der Waals surface area contributed by atoms with Gasteiger partial charge in [0.05, 0.1) is 18.1 Å². The fourth-order valence-corrected chi connectivity index (χ4v) is 2.06. The number of carbonyl (C=O) groups excluding carboxylic acids is 1. The second-order valence-corrected chi connectivity index (χ2v) is 4.92. The van der Waals surface area contributed by atoms with Crippen LogP contribution in [0.5, 0.6) is 0 Å². The third kappa shape index (κ3) is 2.66. The number of rotatable bonds is 3. The molecule has 0 radical (unpaired) electrons. The van der Waals surface area contributed by atoms with Crippen LogP contribution in [0.25, 0.3) is 11.4 Å². The highest BCUT2D eigenvalue weighted by atomic mass is 19.1. The van der Waals surface area contributed by atoms with E-state index >= 15 is 0 Å². The summed E-state index contributed by atoms with van der Waals surface area (Å²) >= 11 is 0. The van der Waals surface area contributed by atoms with Crippen molar-refractivity contribution < 1.29 is 9.18 Å². The van der Waals surface area contributed by atoms with Gasteiger partial charge in [0.25, 0.3) is 0 Å². The van der Waals surface area contributed by atoms with Crippen LogP contribution in [0.3, 0.4) is 0 Å². The second kappa shape index (κ2) is 5.36. The Morgan fingerprint density at radius 3 is 2.35 bits per heavy atom. The predicted molar refractivity (Wildman–Crippen MR) is 73.4 cm³/mol. The van der Waals surface area contributed by atoms with E-state index in [1.165, 1.54) is 12.1 Å². The van der Waals surface area contributed by atoms with E-state index < -0.39 is 0 Å². The van der Waals surface area contributed by atoms with Crippen LogP contribution < -0.4 is 5.32 Å². The molecule has 1 amide bonds. The van der Waals surface area contributed by atoms with E-state index in [9.17, 15) is 9.18 Å². The highest BCUT2D eigenvalue weighted by Crippen LogP contribution is 2.27. The molecule has 1 fully saturated rings. The van der Waals surface area contributed by atoms with Crippen LogP contribution >= 0.6 is 0 Å². The summed E-state index contributed by atoms with van der Waals surface area (Å²) in [5.74, 6) is 0.380. The average molecular weight is 271 g/mol. The first-order valence-electron chi connectivity index (χ1n) is 6.61. The Morgan fingerprint density at radius 1 is 1.15 bits per heavy atom. The van der Waals surface area contributed by atoms with Gasteiger partial charge in [0, 0.05) is 11.5 Å². The zero-order valence-electron chi connectivity index (χ0n) is 10.8. The first-order chi connectivity index (χ1) is 9.72. The molecule has 0 unspecified atom stereocenters. The highest BCUT2D eigenvalue weighted by Gasteiger charge is 2.25. The summed E-state index contributed by atoms with van der Waals surface area (Å²) in [4.78, 5) is 20.2. The van der Waals surface area contributed by atoms with Crippen LogP contribution in [0.4, 0.5) is 10.1 Å². The number of carbonyl (C=O) groups is 1. The highest BCUT2D eigenvalue weighted by molar-refractivity contribution is 5.92. The minimum absolute atomic E-state index is 0.0365. The van der Waals surface area contributed by atoms with Crippen molar-refractivity contribution in [3.63, 3.8) is 0 Å². The largest absolute Gasteiger partial charge is 0.323 e. The molecule has 1 aliphatic rings. The molecule has 1 aromatic carbocycles. The molecule has 2 aromatic rings. The summed E-state index contributed by atoms with van der Waals surface area (Å²) in [7, 11) is 0. The standard InChI is InChI=1S/C15H14FN3O/c16-12-6-4-10(5-7-12)14-17-8-13(9-18-14)19-15(20)11-2-1-3-11/h4-9,11H,1-3H2,(H,19,20). The lowest BCUT2D eigenvalue weighted by atomic mass is 9.85. The van der Waals surface area contributed by atoms with E-state index in [0.717, 1.165) is 24.8 Å². The maximum Gasteiger partial charge on any atom is 0.227 e. The van der Waals surface area contributed by atoms with Gasteiger partial charge in [-0.2, -0.15) is 0 Å². The number of anilines is 1. The summed E-state index contributed by atoms with van der Waals surface area (Å²) in [5.41, 5.74) is 1.33. The molecule has 0 atom stereocenters. The Balaban J connectivity index is 1.70. The fraction of sp³-hybridized carbons (Fsp3) is 0.267. The first-order valence-corrected chi connectivity index (χ1v) is 6.61. The third-order valence-electron chi connectivity index (χ3n) is 3.50. The van der Waals surface area contributed by atoms with Gasteiger partial charge < -0.3 is 5.32 Å². The molecule has 1 aromatic heterocycles. The van der Waals surface area contributed by atoms with Crippen LogP contribution in [0.2, 0.25) is 0 Å². The molecular weight excluding hydrogens is 257 g/mol. The molecule has 5 heteroatoms. The number of hydrogen-bond donors (Lipinski definition) is 1. The third-order valence-corrected chi connectivity index (χ3v) is 3.50. The van der Waals surface area contributed by atoms with E-state index in [1.807, 2.05) is 0 Å². The van der Waals surface area contributed by atoms with E-state index in [-0.39, 0.29) is 17.6 Å². The van der Waals surface area contributed by atoms with Gasteiger partial charge in [-0.1, -0.05) is 6.42 Å². The van der Waals surface area contributed by atoms with Gasteiger partial charge in [0.2, 0.25) is 5.91 Å².